The van der Waals surface area contributed by atoms with Crippen LogP contribution in [-0.4, -0.2) is 34.0 Å². The van der Waals surface area contributed by atoms with Gasteiger partial charge in [-0.05, 0) is 25.1 Å². The van der Waals surface area contributed by atoms with E-state index in [1.54, 1.807) is 24.1 Å². The third-order valence-corrected chi connectivity index (χ3v) is 4.60. The van der Waals surface area contributed by atoms with Crippen LogP contribution in [0.5, 0.6) is 0 Å². The molecule has 0 aliphatic heterocycles. The lowest BCUT2D eigenvalue weighted by Crippen LogP contribution is -2.20. The molecule has 23 heavy (non-hydrogen) atoms. The number of rotatable bonds is 5. The lowest BCUT2D eigenvalue weighted by molar-refractivity contribution is 0.0987. The average Bonchev–Trinajstić information content (AvgIpc) is 3.17. The maximum atomic E-state index is 12.5. The summed E-state index contributed by atoms with van der Waals surface area (Å²) >= 11 is 1.50. The first-order valence-electron chi connectivity index (χ1n) is 7.42. The third kappa shape index (κ3) is 3.11. The SMILES string of the molecule is CCn1nccc1C(=O)N=c1sc2ccccc2n1CCOC. The zero-order valence-electron chi connectivity index (χ0n) is 13.1. The van der Waals surface area contributed by atoms with Gasteiger partial charge in [-0.1, -0.05) is 23.5 Å². The van der Waals surface area contributed by atoms with Crippen molar-refractivity contribution in [3.05, 3.63) is 47.0 Å². The van der Waals surface area contributed by atoms with E-state index in [9.17, 15) is 4.79 Å². The quantitative estimate of drug-likeness (QED) is 0.721. The summed E-state index contributed by atoms with van der Waals surface area (Å²) in [4.78, 5) is 17.5. The molecule has 0 saturated heterocycles. The summed E-state index contributed by atoms with van der Waals surface area (Å²) in [5.41, 5.74) is 1.56. The molecule has 0 bridgehead atoms. The summed E-state index contributed by atoms with van der Waals surface area (Å²) < 4.78 is 9.95. The standard InChI is InChI=1S/C16H18N4O2S/c1-3-20-13(8-9-17-20)15(21)18-16-19(10-11-22-2)12-6-4-5-7-14(12)23-16/h4-9H,3,10-11H2,1-2H3. The van der Waals surface area contributed by atoms with E-state index in [4.69, 9.17) is 4.74 Å². The highest BCUT2D eigenvalue weighted by atomic mass is 32.1. The van der Waals surface area contributed by atoms with Gasteiger partial charge < -0.3 is 9.30 Å². The second-order valence-electron chi connectivity index (χ2n) is 4.95. The Bertz CT molecular complexity index is 891. The van der Waals surface area contributed by atoms with Crippen molar-refractivity contribution in [2.45, 2.75) is 20.0 Å². The number of aryl methyl sites for hydroxylation is 1. The number of fused-ring (bicyclic) bond motifs is 1. The molecule has 0 N–H and O–H groups in total. The second-order valence-corrected chi connectivity index (χ2v) is 5.96. The summed E-state index contributed by atoms with van der Waals surface area (Å²) in [6, 6.07) is 9.72. The van der Waals surface area contributed by atoms with Gasteiger partial charge >= 0.3 is 0 Å². The Morgan fingerprint density at radius 2 is 2.17 bits per heavy atom. The van der Waals surface area contributed by atoms with Gasteiger partial charge in [0.1, 0.15) is 5.69 Å². The number of hydrogen-bond acceptors (Lipinski definition) is 4. The van der Waals surface area contributed by atoms with E-state index in [0.29, 0.717) is 30.2 Å². The molecule has 6 nitrogen and oxygen atoms in total. The zero-order chi connectivity index (χ0) is 16.2. The third-order valence-electron chi connectivity index (χ3n) is 3.54. The molecular formula is C16H18N4O2S. The van der Waals surface area contributed by atoms with Crippen molar-refractivity contribution in [2.75, 3.05) is 13.7 Å². The van der Waals surface area contributed by atoms with Gasteiger partial charge in [0.15, 0.2) is 4.80 Å². The van der Waals surface area contributed by atoms with Gasteiger partial charge in [-0.2, -0.15) is 10.1 Å². The van der Waals surface area contributed by atoms with Crippen molar-refractivity contribution >= 4 is 27.5 Å². The number of carbonyl (C=O) groups excluding carboxylic acids is 1. The van der Waals surface area contributed by atoms with E-state index < -0.39 is 0 Å². The van der Waals surface area contributed by atoms with Crippen molar-refractivity contribution in [3.63, 3.8) is 0 Å². The molecule has 2 heterocycles. The van der Waals surface area contributed by atoms with E-state index in [1.807, 2.05) is 35.8 Å². The molecule has 0 saturated carbocycles. The number of hydrogen-bond donors (Lipinski definition) is 0. The van der Waals surface area contributed by atoms with Gasteiger partial charge in [-0.25, -0.2) is 0 Å². The molecule has 0 atom stereocenters. The first-order valence-corrected chi connectivity index (χ1v) is 8.24. The normalized spacial score (nSPS) is 12.2. The number of amides is 1. The molecule has 3 aromatic rings. The number of carbonyl (C=O) groups is 1. The first kappa shape index (κ1) is 15.6. The van der Waals surface area contributed by atoms with Crippen molar-refractivity contribution in [2.24, 2.45) is 4.99 Å². The molecular weight excluding hydrogens is 312 g/mol. The minimum atomic E-state index is -0.276. The maximum absolute atomic E-state index is 12.5. The fraction of sp³-hybridized carbons (Fsp3) is 0.312. The number of methoxy groups -OCH3 is 1. The number of thiazole rings is 1. The van der Waals surface area contributed by atoms with Crippen LogP contribution in [-0.2, 0) is 17.8 Å². The van der Waals surface area contributed by atoms with Gasteiger partial charge in [0, 0.05) is 26.4 Å². The summed E-state index contributed by atoms with van der Waals surface area (Å²) in [6.07, 6.45) is 1.62. The Kier molecular flexibility index (Phi) is 4.68. The van der Waals surface area contributed by atoms with Gasteiger partial charge in [-0.3, -0.25) is 9.48 Å². The fourth-order valence-electron chi connectivity index (χ4n) is 2.42. The van der Waals surface area contributed by atoms with Crippen LogP contribution in [0.3, 0.4) is 0 Å². The Hall–Kier alpha value is -2.25. The van der Waals surface area contributed by atoms with E-state index >= 15 is 0 Å². The molecule has 0 fully saturated rings. The molecule has 0 aliphatic rings. The largest absolute Gasteiger partial charge is 0.383 e. The minimum absolute atomic E-state index is 0.276. The monoisotopic (exact) mass is 330 g/mol. The number of para-hydroxylation sites is 1. The van der Waals surface area contributed by atoms with Crippen LogP contribution in [0.15, 0.2) is 41.5 Å². The Morgan fingerprint density at radius 1 is 1.35 bits per heavy atom. The summed E-state index contributed by atoms with van der Waals surface area (Å²) in [5, 5.41) is 4.12. The molecule has 0 unspecified atom stereocenters. The van der Waals surface area contributed by atoms with Gasteiger partial charge in [0.05, 0.1) is 16.8 Å². The van der Waals surface area contributed by atoms with Crippen LogP contribution < -0.4 is 4.80 Å². The summed E-state index contributed by atoms with van der Waals surface area (Å²) in [5.74, 6) is -0.276. The van der Waals surface area contributed by atoms with Crippen LogP contribution in [0.25, 0.3) is 10.2 Å². The van der Waals surface area contributed by atoms with Crippen LogP contribution >= 0.6 is 11.3 Å². The number of aromatic nitrogens is 3. The lowest BCUT2D eigenvalue weighted by atomic mass is 10.3. The molecule has 0 spiro atoms. The second kappa shape index (κ2) is 6.89. The van der Waals surface area contributed by atoms with Crippen molar-refractivity contribution in [1.82, 2.24) is 14.3 Å². The van der Waals surface area contributed by atoms with Gasteiger partial charge in [-0.15, -0.1) is 0 Å². The first-order chi connectivity index (χ1) is 11.2. The Morgan fingerprint density at radius 3 is 2.96 bits per heavy atom. The van der Waals surface area contributed by atoms with E-state index in [-0.39, 0.29) is 5.91 Å². The molecule has 7 heteroatoms. The average molecular weight is 330 g/mol. The molecule has 120 valence electrons. The summed E-state index contributed by atoms with van der Waals surface area (Å²) in [7, 11) is 1.66. The van der Waals surface area contributed by atoms with Crippen LogP contribution in [0, 0.1) is 0 Å². The van der Waals surface area contributed by atoms with Crippen LogP contribution in [0.2, 0.25) is 0 Å². The van der Waals surface area contributed by atoms with Crippen molar-refractivity contribution in [3.8, 4) is 0 Å². The minimum Gasteiger partial charge on any atom is -0.383 e. The molecule has 1 amide bonds. The van der Waals surface area contributed by atoms with Crippen molar-refractivity contribution in [1.29, 1.82) is 0 Å². The molecule has 0 radical (unpaired) electrons. The van der Waals surface area contributed by atoms with E-state index in [2.05, 4.69) is 10.1 Å². The van der Waals surface area contributed by atoms with E-state index in [1.165, 1.54) is 11.3 Å². The number of ether oxygens (including phenoxy) is 1. The highest BCUT2D eigenvalue weighted by Crippen LogP contribution is 2.16. The number of nitrogens with zero attached hydrogens (tertiary/aromatic N) is 4. The smallest absolute Gasteiger partial charge is 0.297 e. The topological polar surface area (TPSA) is 61.4 Å². The highest BCUT2D eigenvalue weighted by molar-refractivity contribution is 7.16. The predicted octanol–water partition coefficient (Wildman–Crippen LogP) is 2.31. The Labute approximate surface area is 137 Å². The molecule has 3 rings (SSSR count). The molecule has 0 aliphatic carbocycles. The number of benzene rings is 1. The zero-order valence-corrected chi connectivity index (χ0v) is 13.9. The highest BCUT2D eigenvalue weighted by Gasteiger charge is 2.12. The van der Waals surface area contributed by atoms with Crippen molar-refractivity contribution < 1.29 is 9.53 Å². The molecule has 2 aromatic heterocycles. The van der Waals surface area contributed by atoms with Crippen LogP contribution in [0.1, 0.15) is 17.4 Å². The summed E-state index contributed by atoms with van der Waals surface area (Å²) in [6.45, 7) is 3.80. The van der Waals surface area contributed by atoms with E-state index in [0.717, 1.165) is 10.2 Å². The van der Waals surface area contributed by atoms with Crippen LogP contribution in [0.4, 0.5) is 0 Å². The van der Waals surface area contributed by atoms with Gasteiger partial charge in [0.25, 0.3) is 5.91 Å². The lowest BCUT2D eigenvalue weighted by Gasteiger charge is -2.04. The predicted molar refractivity (Wildman–Crippen MR) is 89.5 cm³/mol. The Balaban J connectivity index is 2.09. The maximum Gasteiger partial charge on any atom is 0.297 e. The fourth-order valence-corrected chi connectivity index (χ4v) is 3.47. The molecule has 1 aromatic carbocycles. The van der Waals surface area contributed by atoms with Gasteiger partial charge in [0.2, 0.25) is 0 Å².